The molecule has 2 rings (SSSR count). The minimum Gasteiger partial charge on any atom is -0.322 e. The molecule has 4 nitrogen and oxygen atoms in total. The molecule has 0 atom stereocenters. The Balaban J connectivity index is 2.27. The summed E-state index contributed by atoms with van der Waals surface area (Å²) in [5, 5.41) is 2.55. The standard InChI is InChI=1S/C13H9ClF2N2O2/c1-20-18-3-2-12(14)11(7-18)13(19)17-10-5-8(15)4-9(16)6-10/h2-7H,1H3/p+1. The molecule has 0 spiro atoms. The van der Waals surface area contributed by atoms with Crippen LogP contribution in [-0.2, 0) is 0 Å². The molecule has 1 aromatic heterocycles. The van der Waals surface area contributed by atoms with E-state index in [1.165, 1.54) is 30.3 Å². The van der Waals surface area contributed by atoms with Crippen molar-refractivity contribution in [3.05, 3.63) is 58.9 Å². The van der Waals surface area contributed by atoms with E-state index >= 15 is 0 Å². The molecular weight excluding hydrogens is 290 g/mol. The summed E-state index contributed by atoms with van der Waals surface area (Å²) in [6.45, 7) is 0. The summed E-state index contributed by atoms with van der Waals surface area (Å²) in [5.74, 6) is -2.18. The van der Waals surface area contributed by atoms with Gasteiger partial charge < -0.3 is 5.32 Å². The normalized spacial score (nSPS) is 10.2. The zero-order valence-corrected chi connectivity index (χ0v) is 11.1. The molecular formula is C13H10ClF2N2O2+. The molecule has 1 amide bonds. The van der Waals surface area contributed by atoms with Crippen LogP contribution in [0.5, 0.6) is 0 Å². The van der Waals surface area contributed by atoms with Crippen LogP contribution in [0.25, 0.3) is 0 Å². The predicted molar refractivity (Wildman–Crippen MR) is 68.5 cm³/mol. The zero-order chi connectivity index (χ0) is 14.7. The first-order valence-electron chi connectivity index (χ1n) is 5.52. The Morgan fingerprint density at radius 3 is 2.55 bits per heavy atom. The van der Waals surface area contributed by atoms with E-state index < -0.39 is 17.5 Å². The minimum atomic E-state index is -0.786. The van der Waals surface area contributed by atoms with Crippen molar-refractivity contribution in [2.75, 3.05) is 12.4 Å². The number of hydrogen-bond acceptors (Lipinski definition) is 2. The SMILES string of the molecule is CO[n+]1ccc(Cl)c(C(=O)Nc2cc(F)cc(F)c2)c1. The van der Waals surface area contributed by atoms with Gasteiger partial charge in [0, 0.05) is 22.6 Å². The van der Waals surface area contributed by atoms with Crippen molar-refractivity contribution >= 4 is 23.2 Å². The molecule has 20 heavy (non-hydrogen) atoms. The first-order valence-corrected chi connectivity index (χ1v) is 5.90. The number of carbonyl (C=O) groups excluding carboxylic acids is 1. The monoisotopic (exact) mass is 299 g/mol. The number of rotatable bonds is 3. The Kier molecular flexibility index (Phi) is 4.14. The second-order valence-electron chi connectivity index (χ2n) is 3.86. The van der Waals surface area contributed by atoms with E-state index in [1.54, 1.807) is 0 Å². The van der Waals surface area contributed by atoms with Crippen molar-refractivity contribution < 1.29 is 23.1 Å². The number of hydrogen-bond donors (Lipinski definition) is 1. The Morgan fingerprint density at radius 1 is 1.30 bits per heavy atom. The van der Waals surface area contributed by atoms with Gasteiger partial charge in [0.05, 0.1) is 5.02 Å². The fraction of sp³-hybridized carbons (Fsp3) is 0.0769. The van der Waals surface area contributed by atoms with Crippen LogP contribution < -0.4 is 14.9 Å². The molecule has 0 aliphatic rings. The molecule has 7 heteroatoms. The third-order valence-corrected chi connectivity index (χ3v) is 2.79. The molecule has 104 valence electrons. The number of pyridine rings is 1. The Morgan fingerprint density at radius 2 is 1.95 bits per heavy atom. The van der Waals surface area contributed by atoms with Gasteiger partial charge >= 0.3 is 0 Å². The topological polar surface area (TPSA) is 42.2 Å². The van der Waals surface area contributed by atoms with Crippen molar-refractivity contribution in [3.8, 4) is 0 Å². The summed E-state index contributed by atoms with van der Waals surface area (Å²) < 4.78 is 27.3. The summed E-state index contributed by atoms with van der Waals surface area (Å²) in [4.78, 5) is 16.9. The largest absolute Gasteiger partial charge is 0.322 e. The summed E-state index contributed by atoms with van der Waals surface area (Å²) >= 11 is 5.90. The van der Waals surface area contributed by atoms with Crippen LogP contribution in [0.4, 0.5) is 14.5 Å². The van der Waals surface area contributed by atoms with Gasteiger partial charge in [-0.1, -0.05) is 11.6 Å². The van der Waals surface area contributed by atoms with Crippen molar-refractivity contribution in [1.29, 1.82) is 0 Å². The average molecular weight is 300 g/mol. The van der Waals surface area contributed by atoms with Crippen molar-refractivity contribution in [2.45, 2.75) is 0 Å². The van der Waals surface area contributed by atoms with Gasteiger partial charge in [0.1, 0.15) is 24.3 Å². The molecule has 0 saturated heterocycles. The van der Waals surface area contributed by atoms with Crippen LogP contribution in [0.3, 0.4) is 0 Å². The molecule has 0 bridgehead atoms. The fourth-order valence-corrected chi connectivity index (χ4v) is 1.76. The number of halogens is 3. The highest BCUT2D eigenvalue weighted by molar-refractivity contribution is 6.34. The van der Waals surface area contributed by atoms with Gasteiger partial charge in [-0.15, -0.1) is 0 Å². The number of aromatic nitrogens is 1. The molecule has 2 aromatic rings. The molecule has 0 aliphatic carbocycles. The highest BCUT2D eigenvalue weighted by Crippen LogP contribution is 2.17. The van der Waals surface area contributed by atoms with Crippen LogP contribution in [0.15, 0.2) is 36.7 Å². The Bertz CT molecular complexity index is 645. The van der Waals surface area contributed by atoms with Crippen LogP contribution >= 0.6 is 11.6 Å². The van der Waals surface area contributed by atoms with Gasteiger partial charge in [0.2, 0.25) is 12.4 Å². The second-order valence-corrected chi connectivity index (χ2v) is 4.27. The summed E-state index contributed by atoms with van der Waals surface area (Å²) in [6.07, 6.45) is 2.87. The number of anilines is 1. The highest BCUT2D eigenvalue weighted by Gasteiger charge is 2.17. The third-order valence-electron chi connectivity index (χ3n) is 2.46. The third kappa shape index (κ3) is 3.21. The van der Waals surface area contributed by atoms with E-state index in [1.807, 2.05) is 0 Å². The lowest BCUT2D eigenvalue weighted by atomic mass is 10.2. The summed E-state index contributed by atoms with van der Waals surface area (Å²) in [5.41, 5.74) is 0.108. The maximum absolute atomic E-state index is 13.0. The van der Waals surface area contributed by atoms with Gasteiger partial charge in [0.25, 0.3) is 5.91 Å². The quantitative estimate of drug-likeness (QED) is 0.883. The number of benzene rings is 1. The lowest BCUT2D eigenvalue weighted by Crippen LogP contribution is -2.40. The number of nitrogens with zero attached hydrogens (tertiary/aromatic N) is 1. The second kappa shape index (κ2) is 5.83. The van der Waals surface area contributed by atoms with Crippen molar-refractivity contribution in [1.82, 2.24) is 0 Å². The van der Waals surface area contributed by atoms with Crippen LogP contribution in [0.2, 0.25) is 5.02 Å². The lowest BCUT2D eigenvalue weighted by Gasteiger charge is -2.06. The smallest absolute Gasteiger partial charge is 0.263 e. The van der Waals surface area contributed by atoms with Crippen LogP contribution in [0.1, 0.15) is 10.4 Å². The first-order chi connectivity index (χ1) is 9.49. The van der Waals surface area contributed by atoms with Crippen molar-refractivity contribution in [3.63, 3.8) is 0 Å². The van der Waals surface area contributed by atoms with E-state index in [-0.39, 0.29) is 16.3 Å². The fourth-order valence-electron chi connectivity index (χ4n) is 1.57. The average Bonchev–Trinajstić information content (AvgIpc) is 2.37. The molecule has 1 aromatic carbocycles. The minimum absolute atomic E-state index is 0.00335. The first kappa shape index (κ1) is 14.2. The number of carbonyl (C=O) groups is 1. The maximum Gasteiger partial charge on any atom is 0.263 e. The molecule has 1 heterocycles. The molecule has 0 unspecified atom stereocenters. The Hall–Kier alpha value is -2.21. The van der Waals surface area contributed by atoms with Gasteiger partial charge in [-0.3, -0.25) is 9.63 Å². The van der Waals surface area contributed by atoms with Crippen LogP contribution in [0, 0.1) is 11.6 Å². The van der Waals surface area contributed by atoms with E-state index in [9.17, 15) is 13.6 Å². The molecule has 1 N–H and O–H groups in total. The van der Waals surface area contributed by atoms with Gasteiger partial charge in [-0.25, -0.2) is 8.78 Å². The van der Waals surface area contributed by atoms with E-state index in [0.29, 0.717) is 6.07 Å². The molecule has 0 radical (unpaired) electrons. The molecule has 0 fully saturated rings. The lowest BCUT2D eigenvalue weighted by molar-refractivity contribution is -0.885. The van der Waals surface area contributed by atoms with Gasteiger partial charge in [-0.05, 0) is 12.1 Å². The van der Waals surface area contributed by atoms with E-state index in [4.69, 9.17) is 16.4 Å². The van der Waals surface area contributed by atoms with Crippen molar-refractivity contribution in [2.24, 2.45) is 0 Å². The zero-order valence-electron chi connectivity index (χ0n) is 10.4. The van der Waals surface area contributed by atoms with Gasteiger partial charge in [-0.2, -0.15) is 0 Å². The predicted octanol–water partition coefficient (Wildman–Crippen LogP) is 2.22. The maximum atomic E-state index is 13.0. The highest BCUT2D eigenvalue weighted by atomic mass is 35.5. The van der Waals surface area contributed by atoms with Gasteiger partial charge in [0.15, 0.2) is 0 Å². The van der Waals surface area contributed by atoms with E-state index in [0.717, 1.165) is 12.1 Å². The molecule has 0 saturated carbocycles. The summed E-state index contributed by atoms with van der Waals surface area (Å²) in [7, 11) is 1.41. The van der Waals surface area contributed by atoms with E-state index in [2.05, 4.69) is 5.32 Å². The number of nitrogens with one attached hydrogen (secondary N) is 1. The number of amides is 1. The van der Waals surface area contributed by atoms with Crippen LogP contribution in [-0.4, -0.2) is 13.0 Å². The molecule has 0 aliphatic heterocycles. The summed E-state index contributed by atoms with van der Waals surface area (Å²) in [6, 6.07) is 4.18. The Labute approximate surface area is 118 Å².